The van der Waals surface area contributed by atoms with Crippen molar-refractivity contribution in [1.29, 1.82) is 0 Å². The summed E-state index contributed by atoms with van der Waals surface area (Å²) in [6, 6.07) is 18.5. The van der Waals surface area contributed by atoms with E-state index in [1.165, 1.54) is 11.1 Å². The molecule has 0 spiro atoms. The van der Waals surface area contributed by atoms with Crippen molar-refractivity contribution in [3.63, 3.8) is 0 Å². The van der Waals surface area contributed by atoms with Crippen LogP contribution in [0.2, 0.25) is 0 Å². The molecule has 25 heavy (non-hydrogen) atoms. The average molecular weight is 336 g/mol. The van der Waals surface area contributed by atoms with Gasteiger partial charge in [-0.05, 0) is 18.1 Å². The number of rotatable bonds is 8. The van der Waals surface area contributed by atoms with Gasteiger partial charge in [-0.15, -0.1) is 0 Å². The first-order chi connectivity index (χ1) is 12.3. The van der Waals surface area contributed by atoms with Gasteiger partial charge in [0.15, 0.2) is 0 Å². The van der Waals surface area contributed by atoms with E-state index in [-0.39, 0.29) is 0 Å². The van der Waals surface area contributed by atoms with Gasteiger partial charge in [-0.3, -0.25) is 0 Å². The molecule has 0 aliphatic heterocycles. The molecule has 0 atom stereocenters. The molecule has 1 heterocycles. The molecule has 0 saturated carbocycles. The van der Waals surface area contributed by atoms with Crippen LogP contribution in [0.15, 0.2) is 54.6 Å². The summed E-state index contributed by atoms with van der Waals surface area (Å²) in [4.78, 5) is 1.79. The molecule has 5 heteroatoms. The summed E-state index contributed by atoms with van der Waals surface area (Å²) in [5.74, 6) is 0. The first-order valence-corrected chi connectivity index (χ1v) is 8.51. The Labute approximate surface area is 148 Å². The summed E-state index contributed by atoms with van der Waals surface area (Å²) in [5.41, 5.74) is 5.45. The van der Waals surface area contributed by atoms with E-state index >= 15 is 0 Å². The number of hydrogen-bond acceptors (Lipinski definition) is 4. The average Bonchev–Trinajstić information content (AvgIpc) is 3.04. The highest BCUT2D eigenvalue weighted by Gasteiger charge is 2.13. The largest absolute Gasteiger partial charge is 0.383 e. The quantitative estimate of drug-likeness (QED) is 0.643. The van der Waals surface area contributed by atoms with E-state index in [2.05, 4.69) is 48.6 Å². The molecular weight excluding hydrogens is 312 g/mol. The normalized spacial score (nSPS) is 11.0. The second-order valence-electron chi connectivity index (χ2n) is 5.99. The molecule has 5 nitrogen and oxygen atoms in total. The van der Waals surface area contributed by atoms with Crippen LogP contribution < -0.4 is 5.32 Å². The molecule has 1 N–H and O–H groups in total. The Hall–Kier alpha value is -2.50. The van der Waals surface area contributed by atoms with Crippen molar-refractivity contribution >= 4 is 0 Å². The maximum Gasteiger partial charge on any atom is 0.117 e. The summed E-state index contributed by atoms with van der Waals surface area (Å²) >= 11 is 0. The van der Waals surface area contributed by atoms with Crippen LogP contribution in [0.3, 0.4) is 0 Å². The van der Waals surface area contributed by atoms with Crippen LogP contribution >= 0.6 is 0 Å². The van der Waals surface area contributed by atoms with Crippen molar-refractivity contribution in [1.82, 2.24) is 20.3 Å². The van der Waals surface area contributed by atoms with Gasteiger partial charge in [0, 0.05) is 25.8 Å². The monoisotopic (exact) mass is 336 g/mol. The zero-order chi connectivity index (χ0) is 17.5. The van der Waals surface area contributed by atoms with E-state index in [0.29, 0.717) is 19.7 Å². The fraction of sp³-hybridized carbons (Fsp3) is 0.300. The summed E-state index contributed by atoms with van der Waals surface area (Å²) in [7, 11) is 1.70. The molecule has 0 unspecified atom stereocenters. The zero-order valence-electron chi connectivity index (χ0n) is 14.8. The lowest BCUT2D eigenvalue weighted by Crippen LogP contribution is -2.19. The number of hydrogen-bond donors (Lipinski definition) is 1. The highest BCUT2D eigenvalue weighted by Crippen LogP contribution is 2.20. The van der Waals surface area contributed by atoms with E-state index < -0.39 is 0 Å². The predicted octanol–water partition coefficient (Wildman–Crippen LogP) is 3.04. The molecule has 0 aliphatic carbocycles. The lowest BCUT2D eigenvalue weighted by molar-refractivity contribution is 0.199. The highest BCUT2D eigenvalue weighted by molar-refractivity contribution is 5.60. The molecule has 0 radical (unpaired) electrons. The van der Waals surface area contributed by atoms with Crippen LogP contribution in [-0.2, 0) is 17.8 Å². The lowest BCUT2D eigenvalue weighted by Gasteiger charge is -2.04. The maximum atomic E-state index is 5.09. The molecular formula is C20H24N4O. The fourth-order valence-electron chi connectivity index (χ4n) is 2.71. The van der Waals surface area contributed by atoms with E-state index in [1.54, 1.807) is 11.9 Å². The number of nitrogens with zero attached hydrogens (tertiary/aromatic N) is 3. The van der Waals surface area contributed by atoms with E-state index in [4.69, 9.17) is 14.9 Å². The molecule has 130 valence electrons. The number of benzene rings is 2. The molecule has 3 rings (SSSR count). The van der Waals surface area contributed by atoms with Gasteiger partial charge < -0.3 is 10.1 Å². The number of ether oxygens (including phenoxy) is 1. The molecule has 0 bridgehead atoms. The Morgan fingerprint density at radius 2 is 1.76 bits per heavy atom. The van der Waals surface area contributed by atoms with Crippen molar-refractivity contribution in [2.45, 2.75) is 20.0 Å². The highest BCUT2D eigenvalue weighted by atomic mass is 16.5. The van der Waals surface area contributed by atoms with Crippen LogP contribution in [0.5, 0.6) is 0 Å². The van der Waals surface area contributed by atoms with Gasteiger partial charge >= 0.3 is 0 Å². The van der Waals surface area contributed by atoms with Crippen LogP contribution in [0.1, 0.15) is 16.8 Å². The minimum absolute atomic E-state index is 0.668. The van der Waals surface area contributed by atoms with E-state index in [9.17, 15) is 0 Å². The SMILES string of the molecule is COCCNCc1nn(Cc2ccccc2C)nc1-c1ccccc1. The second-order valence-corrected chi connectivity index (χ2v) is 5.99. The molecule has 0 saturated heterocycles. The standard InChI is InChI=1S/C20H24N4O/c1-16-8-6-7-11-18(16)15-24-22-19(14-21-12-13-25-2)20(23-24)17-9-4-3-5-10-17/h3-11,21H,12-15H2,1-2H3. The maximum absolute atomic E-state index is 5.09. The van der Waals surface area contributed by atoms with Crippen molar-refractivity contribution in [3.05, 3.63) is 71.4 Å². The number of nitrogens with one attached hydrogen (secondary N) is 1. The van der Waals surface area contributed by atoms with Gasteiger partial charge in [0.05, 0.1) is 13.2 Å². The van der Waals surface area contributed by atoms with Crippen LogP contribution in [0.4, 0.5) is 0 Å². The zero-order valence-corrected chi connectivity index (χ0v) is 14.8. The van der Waals surface area contributed by atoms with Crippen molar-refractivity contribution in [3.8, 4) is 11.3 Å². The molecule has 0 fully saturated rings. The Bertz CT molecular complexity index is 798. The molecule has 3 aromatic rings. The van der Waals surface area contributed by atoms with Crippen LogP contribution in [-0.4, -0.2) is 35.3 Å². The van der Waals surface area contributed by atoms with Gasteiger partial charge in [-0.1, -0.05) is 54.6 Å². The Kier molecular flexibility index (Phi) is 5.93. The third kappa shape index (κ3) is 4.53. The summed E-state index contributed by atoms with van der Waals surface area (Å²) in [6.45, 7) is 4.92. The van der Waals surface area contributed by atoms with Crippen molar-refractivity contribution in [2.75, 3.05) is 20.3 Å². The fourth-order valence-corrected chi connectivity index (χ4v) is 2.71. The van der Waals surface area contributed by atoms with Gasteiger partial charge in [0.25, 0.3) is 0 Å². The van der Waals surface area contributed by atoms with Crippen LogP contribution in [0.25, 0.3) is 11.3 Å². The smallest absolute Gasteiger partial charge is 0.117 e. The van der Waals surface area contributed by atoms with Gasteiger partial charge in [0.1, 0.15) is 11.4 Å². The predicted molar refractivity (Wildman–Crippen MR) is 99.3 cm³/mol. The summed E-state index contributed by atoms with van der Waals surface area (Å²) in [5, 5.41) is 12.8. The minimum Gasteiger partial charge on any atom is -0.383 e. The molecule has 0 aliphatic rings. The minimum atomic E-state index is 0.668. The summed E-state index contributed by atoms with van der Waals surface area (Å²) < 4.78 is 5.09. The third-order valence-electron chi connectivity index (χ3n) is 4.12. The van der Waals surface area contributed by atoms with Gasteiger partial charge in [0.2, 0.25) is 0 Å². The molecule has 0 amide bonds. The topological polar surface area (TPSA) is 52.0 Å². The molecule has 2 aromatic carbocycles. The first-order valence-electron chi connectivity index (χ1n) is 8.51. The Morgan fingerprint density at radius 1 is 1.00 bits per heavy atom. The van der Waals surface area contributed by atoms with Gasteiger partial charge in [-0.2, -0.15) is 15.0 Å². The van der Waals surface area contributed by atoms with Crippen LogP contribution in [0, 0.1) is 6.92 Å². The van der Waals surface area contributed by atoms with E-state index in [0.717, 1.165) is 23.5 Å². The Balaban J connectivity index is 1.84. The third-order valence-corrected chi connectivity index (χ3v) is 4.12. The first kappa shape index (κ1) is 17.3. The van der Waals surface area contributed by atoms with Crippen molar-refractivity contribution < 1.29 is 4.74 Å². The lowest BCUT2D eigenvalue weighted by atomic mass is 10.1. The molecule has 1 aromatic heterocycles. The van der Waals surface area contributed by atoms with E-state index in [1.807, 2.05) is 18.2 Å². The number of aryl methyl sites for hydroxylation is 1. The number of methoxy groups -OCH3 is 1. The summed E-state index contributed by atoms with van der Waals surface area (Å²) in [6.07, 6.45) is 0. The Morgan fingerprint density at radius 3 is 2.52 bits per heavy atom. The van der Waals surface area contributed by atoms with Crippen molar-refractivity contribution in [2.24, 2.45) is 0 Å². The second kappa shape index (κ2) is 8.55. The van der Waals surface area contributed by atoms with Gasteiger partial charge in [-0.25, -0.2) is 0 Å². The number of aromatic nitrogens is 3.